The lowest BCUT2D eigenvalue weighted by molar-refractivity contribution is -0.123. The van der Waals surface area contributed by atoms with Crippen LogP contribution in [0.25, 0.3) is 16.8 Å². The minimum Gasteiger partial charge on any atom is -0.491 e. The number of ether oxygens (including phenoxy) is 1. The number of rotatable bonds is 6. The van der Waals surface area contributed by atoms with E-state index in [-0.39, 0.29) is 24.3 Å². The lowest BCUT2D eigenvalue weighted by Gasteiger charge is -2.14. The smallest absolute Gasteiger partial charge is 0.293 e. The maximum Gasteiger partial charge on any atom is 0.293 e. The summed E-state index contributed by atoms with van der Waals surface area (Å²) >= 11 is 0.969. The van der Waals surface area contributed by atoms with Crippen molar-refractivity contribution in [2.45, 2.75) is 0 Å². The summed E-state index contributed by atoms with van der Waals surface area (Å²) in [4.78, 5) is 28.7. The van der Waals surface area contributed by atoms with Crippen LogP contribution in [0.3, 0.4) is 0 Å². The first-order valence-electron chi connectivity index (χ1n) is 9.66. The molecule has 152 valence electrons. The number of hydrogen-bond acceptors (Lipinski definition) is 5. The monoisotopic (exact) mass is 418 g/mol. The standard InChI is InChI=1S/C24H22N2O3S/c1-25(2)19-12-10-17(11-13-19)16-22-23(27)26(24(28)30-22)14-15-29-21-9-5-7-18-6-3-4-8-20(18)21/h3-13,16H,14-15H2,1-2H3. The van der Waals surface area contributed by atoms with Gasteiger partial charge in [0.15, 0.2) is 0 Å². The molecule has 1 fully saturated rings. The first-order valence-corrected chi connectivity index (χ1v) is 10.5. The molecule has 0 unspecified atom stereocenters. The van der Waals surface area contributed by atoms with Gasteiger partial charge < -0.3 is 9.64 Å². The van der Waals surface area contributed by atoms with Crippen LogP contribution in [0.1, 0.15) is 5.56 Å². The number of carbonyl (C=O) groups is 2. The lowest BCUT2D eigenvalue weighted by Crippen LogP contribution is -2.32. The second-order valence-electron chi connectivity index (χ2n) is 7.15. The van der Waals surface area contributed by atoms with Crippen molar-refractivity contribution >= 4 is 45.4 Å². The zero-order valence-electron chi connectivity index (χ0n) is 16.9. The molecular formula is C24H22N2O3S. The molecule has 2 amide bonds. The first-order chi connectivity index (χ1) is 14.5. The molecule has 0 radical (unpaired) electrons. The average molecular weight is 419 g/mol. The van der Waals surface area contributed by atoms with E-state index >= 15 is 0 Å². The Morgan fingerprint density at radius 3 is 2.47 bits per heavy atom. The van der Waals surface area contributed by atoms with Gasteiger partial charge in [0, 0.05) is 25.2 Å². The lowest BCUT2D eigenvalue weighted by atomic mass is 10.1. The molecule has 1 aliphatic heterocycles. The summed E-state index contributed by atoms with van der Waals surface area (Å²) in [5.41, 5.74) is 1.96. The van der Waals surface area contributed by atoms with Crippen molar-refractivity contribution < 1.29 is 14.3 Å². The number of amides is 2. The van der Waals surface area contributed by atoms with Crippen LogP contribution >= 0.6 is 11.8 Å². The molecule has 3 aromatic rings. The molecule has 0 bridgehead atoms. The van der Waals surface area contributed by atoms with E-state index in [0.717, 1.165) is 39.5 Å². The van der Waals surface area contributed by atoms with E-state index in [1.54, 1.807) is 6.08 Å². The fraction of sp³-hybridized carbons (Fsp3) is 0.167. The minimum atomic E-state index is -0.275. The zero-order valence-corrected chi connectivity index (χ0v) is 17.7. The summed E-state index contributed by atoms with van der Waals surface area (Å²) in [6.07, 6.45) is 1.76. The van der Waals surface area contributed by atoms with E-state index in [9.17, 15) is 9.59 Å². The van der Waals surface area contributed by atoms with Crippen LogP contribution < -0.4 is 9.64 Å². The van der Waals surface area contributed by atoms with Crippen molar-refractivity contribution in [1.29, 1.82) is 0 Å². The van der Waals surface area contributed by atoms with Crippen molar-refractivity contribution in [3.63, 3.8) is 0 Å². The maximum absolute atomic E-state index is 12.7. The molecule has 1 heterocycles. The van der Waals surface area contributed by atoms with Crippen molar-refractivity contribution in [2.24, 2.45) is 0 Å². The van der Waals surface area contributed by atoms with Gasteiger partial charge in [-0.2, -0.15) is 0 Å². The molecule has 0 aliphatic carbocycles. The van der Waals surface area contributed by atoms with Crippen LogP contribution in [-0.2, 0) is 4.79 Å². The predicted octanol–water partition coefficient (Wildman–Crippen LogP) is 5.02. The SMILES string of the molecule is CN(C)c1ccc(C=C2SC(=O)N(CCOc3cccc4ccccc34)C2=O)cc1. The van der Waals surface area contributed by atoms with Crippen molar-refractivity contribution in [2.75, 3.05) is 32.1 Å². The van der Waals surface area contributed by atoms with Gasteiger partial charge in [-0.25, -0.2) is 0 Å². The molecule has 0 spiro atoms. The van der Waals surface area contributed by atoms with E-state index in [2.05, 4.69) is 0 Å². The Morgan fingerprint density at radius 1 is 0.967 bits per heavy atom. The molecule has 3 aromatic carbocycles. The number of thioether (sulfide) groups is 1. The minimum absolute atomic E-state index is 0.213. The van der Waals surface area contributed by atoms with E-state index in [0.29, 0.717) is 4.91 Å². The Balaban J connectivity index is 1.41. The number of benzene rings is 3. The highest BCUT2D eigenvalue weighted by Crippen LogP contribution is 2.32. The summed E-state index contributed by atoms with van der Waals surface area (Å²) in [5.74, 6) is 0.472. The molecular weight excluding hydrogens is 396 g/mol. The molecule has 0 atom stereocenters. The number of fused-ring (bicyclic) bond motifs is 1. The zero-order chi connectivity index (χ0) is 21.1. The molecule has 5 nitrogen and oxygen atoms in total. The van der Waals surface area contributed by atoms with Crippen LogP contribution in [0, 0.1) is 0 Å². The topological polar surface area (TPSA) is 49.9 Å². The van der Waals surface area contributed by atoms with E-state index in [1.807, 2.05) is 85.7 Å². The Labute approximate surface area is 179 Å². The third kappa shape index (κ3) is 4.19. The Bertz CT molecular complexity index is 1120. The van der Waals surface area contributed by atoms with Crippen LogP contribution in [-0.4, -0.2) is 43.3 Å². The van der Waals surface area contributed by atoms with Gasteiger partial charge in [-0.15, -0.1) is 0 Å². The highest BCUT2D eigenvalue weighted by molar-refractivity contribution is 8.18. The van der Waals surface area contributed by atoms with E-state index in [1.165, 1.54) is 4.90 Å². The van der Waals surface area contributed by atoms with Gasteiger partial charge in [0.05, 0.1) is 11.4 Å². The fourth-order valence-electron chi connectivity index (χ4n) is 3.28. The van der Waals surface area contributed by atoms with Gasteiger partial charge >= 0.3 is 0 Å². The molecule has 0 aromatic heterocycles. The van der Waals surface area contributed by atoms with Crippen LogP contribution in [0.5, 0.6) is 5.75 Å². The largest absolute Gasteiger partial charge is 0.491 e. The van der Waals surface area contributed by atoms with Gasteiger partial charge in [0.1, 0.15) is 12.4 Å². The molecule has 6 heteroatoms. The number of hydrogen-bond donors (Lipinski definition) is 0. The molecule has 4 rings (SSSR count). The van der Waals surface area contributed by atoms with Gasteiger partial charge in [-0.1, -0.05) is 48.5 Å². The van der Waals surface area contributed by atoms with Gasteiger partial charge in [-0.05, 0) is 47.0 Å². The summed E-state index contributed by atoms with van der Waals surface area (Å²) in [5, 5.41) is 1.83. The summed E-state index contributed by atoms with van der Waals surface area (Å²) in [7, 11) is 3.95. The van der Waals surface area contributed by atoms with Crippen LogP contribution in [0.2, 0.25) is 0 Å². The molecule has 30 heavy (non-hydrogen) atoms. The highest BCUT2D eigenvalue weighted by Gasteiger charge is 2.34. The third-order valence-corrected chi connectivity index (χ3v) is 5.81. The molecule has 0 saturated carbocycles. The fourth-order valence-corrected chi connectivity index (χ4v) is 4.15. The molecule has 1 saturated heterocycles. The van der Waals surface area contributed by atoms with Crippen LogP contribution in [0.4, 0.5) is 10.5 Å². The Hall–Kier alpha value is -3.25. The summed E-state index contributed by atoms with van der Waals surface area (Å²) in [6.45, 7) is 0.460. The molecule has 0 N–H and O–H groups in total. The van der Waals surface area contributed by atoms with E-state index < -0.39 is 0 Å². The second kappa shape index (κ2) is 8.63. The normalized spacial score (nSPS) is 15.3. The van der Waals surface area contributed by atoms with E-state index in [4.69, 9.17) is 4.74 Å². The highest BCUT2D eigenvalue weighted by atomic mass is 32.2. The predicted molar refractivity (Wildman–Crippen MR) is 123 cm³/mol. The third-order valence-electron chi connectivity index (χ3n) is 4.90. The number of anilines is 1. The Morgan fingerprint density at radius 2 is 1.70 bits per heavy atom. The second-order valence-corrected chi connectivity index (χ2v) is 8.14. The Kier molecular flexibility index (Phi) is 5.77. The van der Waals surface area contributed by atoms with Crippen molar-refractivity contribution in [3.8, 4) is 5.75 Å². The number of nitrogens with zero attached hydrogens (tertiary/aromatic N) is 2. The number of carbonyl (C=O) groups excluding carboxylic acids is 2. The van der Waals surface area contributed by atoms with Crippen molar-refractivity contribution in [3.05, 3.63) is 77.2 Å². The molecule has 1 aliphatic rings. The van der Waals surface area contributed by atoms with Crippen molar-refractivity contribution in [1.82, 2.24) is 4.90 Å². The maximum atomic E-state index is 12.7. The van der Waals surface area contributed by atoms with Gasteiger partial charge in [0.25, 0.3) is 11.1 Å². The van der Waals surface area contributed by atoms with Gasteiger partial charge in [-0.3, -0.25) is 14.5 Å². The average Bonchev–Trinajstić information content (AvgIpc) is 3.01. The van der Waals surface area contributed by atoms with Crippen LogP contribution in [0.15, 0.2) is 71.6 Å². The number of imide groups is 1. The summed E-state index contributed by atoms with van der Waals surface area (Å²) in [6, 6.07) is 21.6. The first kappa shape index (κ1) is 20.0. The van der Waals surface area contributed by atoms with Gasteiger partial charge in [0.2, 0.25) is 0 Å². The summed E-state index contributed by atoms with van der Waals surface area (Å²) < 4.78 is 5.89. The quantitative estimate of drug-likeness (QED) is 0.526.